The van der Waals surface area contributed by atoms with Crippen LogP contribution in [0.15, 0.2) is 30.6 Å². The molecule has 0 aliphatic heterocycles. The first-order chi connectivity index (χ1) is 10.3. The summed E-state index contributed by atoms with van der Waals surface area (Å²) in [5, 5.41) is 9.23. The van der Waals surface area contributed by atoms with Crippen molar-refractivity contribution in [1.29, 1.82) is 0 Å². The highest BCUT2D eigenvalue weighted by Crippen LogP contribution is 2.24. The number of amides is 1. The van der Waals surface area contributed by atoms with Crippen LogP contribution in [0.5, 0.6) is 0 Å². The lowest BCUT2D eigenvalue weighted by Crippen LogP contribution is -2.42. The van der Waals surface area contributed by atoms with Gasteiger partial charge in [0.25, 0.3) is 0 Å². The van der Waals surface area contributed by atoms with E-state index in [0.717, 1.165) is 23.9 Å². The Hall–Kier alpha value is -1.88. The normalized spacial score (nSPS) is 15.7. The number of hydrogen-bond acceptors (Lipinski definition) is 3. The summed E-state index contributed by atoms with van der Waals surface area (Å²) in [4.78, 5) is 18.8. The molecule has 0 spiro atoms. The zero-order valence-corrected chi connectivity index (χ0v) is 12.1. The van der Waals surface area contributed by atoms with Gasteiger partial charge in [-0.25, -0.2) is 4.98 Å². The van der Waals surface area contributed by atoms with Gasteiger partial charge in [-0.15, -0.1) is 0 Å². The van der Waals surface area contributed by atoms with E-state index in [1.807, 2.05) is 33.7 Å². The van der Waals surface area contributed by atoms with Gasteiger partial charge >= 0.3 is 0 Å². The molecule has 1 N–H and O–H groups in total. The molecule has 1 aliphatic rings. The molecule has 5 heteroatoms. The van der Waals surface area contributed by atoms with Crippen LogP contribution in [0, 0.1) is 0 Å². The summed E-state index contributed by atoms with van der Waals surface area (Å²) in [7, 11) is 0. The molecule has 0 bridgehead atoms. The number of rotatable bonds is 5. The Bertz CT molecular complexity index is 617. The molecule has 0 saturated heterocycles. The first kappa shape index (κ1) is 14.1. The van der Waals surface area contributed by atoms with Crippen molar-refractivity contribution in [2.45, 2.75) is 38.3 Å². The summed E-state index contributed by atoms with van der Waals surface area (Å²) < 4.78 is 1.89. The average molecular weight is 287 g/mol. The van der Waals surface area contributed by atoms with Crippen molar-refractivity contribution in [2.24, 2.45) is 0 Å². The lowest BCUT2D eigenvalue weighted by molar-refractivity contribution is -0.134. The molecule has 112 valence electrons. The predicted molar refractivity (Wildman–Crippen MR) is 80.8 cm³/mol. The zero-order valence-electron chi connectivity index (χ0n) is 12.1. The van der Waals surface area contributed by atoms with Crippen molar-refractivity contribution in [3.8, 4) is 0 Å². The van der Waals surface area contributed by atoms with Gasteiger partial charge in [0.1, 0.15) is 6.54 Å². The highest BCUT2D eigenvalue weighted by molar-refractivity contribution is 5.80. The number of para-hydroxylation sites is 2. The highest BCUT2D eigenvalue weighted by atomic mass is 16.3. The van der Waals surface area contributed by atoms with Gasteiger partial charge < -0.3 is 14.6 Å². The molecule has 1 amide bonds. The number of fused-ring (bicyclic) bond motifs is 1. The number of carbonyl (C=O) groups excluding carboxylic acids is 1. The van der Waals surface area contributed by atoms with Crippen LogP contribution in [-0.4, -0.2) is 44.7 Å². The lowest BCUT2D eigenvalue weighted by atomic mass is 10.2. The number of benzene rings is 1. The molecular formula is C16H21N3O2. The molecule has 5 nitrogen and oxygen atoms in total. The Morgan fingerprint density at radius 1 is 1.33 bits per heavy atom. The van der Waals surface area contributed by atoms with Crippen LogP contribution >= 0.6 is 0 Å². The molecule has 1 heterocycles. The fourth-order valence-electron chi connectivity index (χ4n) is 3.21. The molecule has 1 aliphatic carbocycles. The van der Waals surface area contributed by atoms with E-state index in [1.54, 1.807) is 6.33 Å². The number of nitrogens with zero attached hydrogens (tertiary/aromatic N) is 3. The van der Waals surface area contributed by atoms with Crippen LogP contribution in [0.2, 0.25) is 0 Å². The summed E-state index contributed by atoms with van der Waals surface area (Å²) >= 11 is 0. The van der Waals surface area contributed by atoms with Crippen LogP contribution in [-0.2, 0) is 11.3 Å². The van der Waals surface area contributed by atoms with E-state index < -0.39 is 0 Å². The molecular weight excluding hydrogens is 266 g/mol. The highest BCUT2D eigenvalue weighted by Gasteiger charge is 2.26. The Morgan fingerprint density at radius 3 is 2.86 bits per heavy atom. The maximum absolute atomic E-state index is 12.6. The van der Waals surface area contributed by atoms with Crippen LogP contribution in [0.25, 0.3) is 11.0 Å². The van der Waals surface area contributed by atoms with Gasteiger partial charge in [0.15, 0.2) is 0 Å². The third kappa shape index (κ3) is 2.93. The summed E-state index contributed by atoms with van der Waals surface area (Å²) in [5.41, 5.74) is 1.88. The Balaban J connectivity index is 1.77. The Morgan fingerprint density at radius 2 is 2.10 bits per heavy atom. The second kappa shape index (κ2) is 6.26. The minimum absolute atomic E-state index is 0.0208. The van der Waals surface area contributed by atoms with Crippen LogP contribution < -0.4 is 0 Å². The van der Waals surface area contributed by atoms with E-state index in [-0.39, 0.29) is 19.1 Å². The van der Waals surface area contributed by atoms with Gasteiger partial charge in [-0.1, -0.05) is 25.0 Å². The molecule has 0 atom stereocenters. The fraction of sp³-hybridized carbons (Fsp3) is 0.500. The molecule has 1 fully saturated rings. The molecule has 3 rings (SSSR count). The van der Waals surface area contributed by atoms with E-state index >= 15 is 0 Å². The monoisotopic (exact) mass is 287 g/mol. The van der Waals surface area contributed by atoms with Crippen LogP contribution in [0.3, 0.4) is 0 Å². The van der Waals surface area contributed by atoms with Crippen molar-refractivity contribution in [3.63, 3.8) is 0 Å². The Kier molecular flexibility index (Phi) is 4.20. The summed E-state index contributed by atoms with van der Waals surface area (Å²) in [6, 6.07) is 8.10. The van der Waals surface area contributed by atoms with E-state index in [4.69, 9.17) is 0 Å². The third-order valence-electron chi connectivity index (χ3n) is 4.26. The lowest BCUT2D eigenvalue weighted by Gasteiger charge is -2.28. The topological polar surface area (TPSA) is 58.4 Å². The molecule has 2 aromatic rings. The minimum Gasteiger partial charge on any atom is -0.395 e. The first-order valence-corrected chi connectivity index (χ1v) is 7.60. The van der Waals surface area contributed by atoms with Crippen molar-refractivity contribution in [2.75, 3.05) is 13.2 Å². The maximum atomic E-state index is 12.6. The van der Waals surface area contributed by atoms with Gasteiger partial charge in [0.2, 0.25) is 5.91 Å². The van der Waals surface area contributed by atoms with Gasteiger partial charge in [-0.05, 0) is 25.0 Å². The number of aliphatic hydroxyl groups excluding tert-OH is 1. The van der Waals surface area contributed by atoms with E-state index in [9.17, 15) is 9.90 Å². The molecule has 1 saturated carbocycles. The first-order valence-electron chi connectivity index (χ1n) is 7.60. The third-order valence-corrected chi connectivity index (χ3v) is 4.26. The molecule has 1 aromatic heterocycles. The quantitative estimate of drug-likeness (QED) is 0.912. The number of carbonyl (C=O) groups is 1. The van der Waals surface area contributed by atoms with E-state index in [2.05, 4.69) is 4.98 Å². The second-order valence-electron chi connectivity index (χ2n) is 5.61. The van der Waals surface area contributed by atoms with Gasteiger partial charge in [0, 0.05) is 12.6 Å². The largest absolute Gasteiger partial charge is 0.395 e. The summed E-state index contributed by atoms with van der Waals surface area (Å²) in [5.74, 6) is 0.0686. The Labute approximate surface area is 124 Å². The van der Waals surface area contributed by atoms with Crippen molar-refractivity contribution in [3.05, 3.63) is 30.6 Å². The van der Waals surface area contributed by atoms with Gasteiger partial charge in [0.05, 0.1) is 24.0 Å². The summed E-state index contributed by atoms with van der Waals surface area (Å²) in [6.07, 6.45) is 6.17. The van der Waals surface area contributed by atoms with Gasteiger partial charge in [-0.2, -0.15) is 0 Å². The van der Waals surface area contributed by atoms with Gasteiger partial charge in [-0.3, -0.25) is 4.79 Å². The smallest absolute Gasteiger partial charge is 0.242 e. The molecule has 21 heavy (non-hydrogen) atoms. The van der Waals surface area contributed by atoms with Crippen molar-refractivity contribution < 1.29 is 9.90 Å². The molecule has 0 radical (unpaired) electrons. The zero-order chi connectivity index (χ0) is 14.7. The number of hydrogen-bond donors (Lipinski definition) is 1. The fourth-order valence-corrected chi connectivity index (χ4v) is 3.21. The predicted octanol–water partition coefficient (Wildman–Crippen LogP) is 1.80. The number of imidazole rings is 1. The molecule has 1 aromatic carbocycles. The average Bonchev–Trinajstić information content (AvgIpc) is 3.15. The van der Waals surface area contributed by atoms with E-state index in [0.29, 0.717) is 12.6 Å². The van der Waals surface area contributed by atoms with Crippen molar-refractivity contribution in [1.82, 2.24) is 14.5 Å². The van der Waals surface area contributed by atoms with Crippen molar-refractivity contribution >= 4 is 16.9 Å². The maximum Gasteiger partial charge on any atom is 0.242 e. The van der Waals surface area contributed by atoms with E-state index in [1.165, 1.54) is 12.8 Å². The SMILES string of the molecule is O=C(Cn1cnc2ccccc21)N(CCO)C1CCCC1. The van der Waals surface area contributed by atoms with Crippen LogP contribution in [0.1, 0.15) is 25.7 Å². The standard InChI is InChI=1S/C16H21N3O2/c20-10-9-19(13-5-1-2-6-13)16(21)11-18-12-17-14-7-3-4-8-15(14)18/h3-4,7-8,12-13,20H,1-2,5-6,9-11H2. The minimum atomic E-state index is 0.0208. The number of aromatic nitrogens is 2. The summed E-state index contributed by atoms with van der Waals surface area (Å²) in [6.45, 7) is 0.736. The van der Waals surface area contributed by atoms with Crippen LogP contribution in [0.4, 0.5) is 0 Å². The second-order valence-corrected chi connectivity index (χ2v) is 5.61. The number of aliphatic hydroxyl groups is 1. The molecule has 0 unspecified atom stereocenters.